The molecule has 0 radical (unpaired) electrons. The number of hydrogen-bond donors (Lipinski definition) is 1. The van der Waals surface area contributed by atoms with Crippen LogP contribution in [0.4, 0.5) is 19.1 Å². The number of anilines is 1. The highest BCUT2D eigenvalue weighted by Gasteiger charge is 2.31. The van der Waals surface area contributed by atoms with E-state index in [-0.39, 0.29) is 5.02 Å². The van der Waals surface area contributed by atoms with E-state index in [9.17, 15) is 13.2 Å². The van der Waals surface area contributed by atoms with Crippen LogP contribution in [0.15, 0.2) is 30.6 Å². The van der Waals surface area contributed by atoms with Crippen molar-refractivity contribution in [1.29, 1.82) is 0 Å². The smallest absolute Gasteiger partial charge is 0.355 e. The maximum atomic E-state index is 12.8. The van der Waals surface area contributed by atoms with Gasteiger partial charge < -0.3 is 5.32 Å². The molecule has 20 heavy (non-hydrogen) atoms. The highest BCUT2D eigenvalue weighted by Crippen LogP contribution is 2.33. The molecule has 0 aliphatic carbocycles. The van der Waals surface area contributed by atoms with E-state index in [0.29, 0.717) is 18.2 Å². The van der Waals surface area contributed by atoms with Gasteiger partial charge in [-0.25, -0.2) is 4.98 Å². The molecule has 0 fully saturated rings. The van der Waals surface area contributed by atoms with E-state index < -0.39 is 11.7 Å². The minimum Gasteiger partial charge on any atom is -0.355 e. The summed E-state index contributed by atoms with van der Waals surface area (Å²) < 4.78 is 39.9. The van der Waals surface area contributed by atoms with E-state index in [1.54, 1.807) is 6.20 Å². The van der Waals surface area contributed by atoms with Gasteiger partial charge in [-0.05, 0) is 24.6 Å². The summed E-state index contributed by atoms with van der Waals surface area (Å²) >= 11 is 5.78. The van der Waals surface area contributed by atoms with Gasteiger partial charge in [-0.3, -0.25) is 4.57 Å². The summed E-state index contributed by atoms with van der Waals surface area (Å²) in [6, 6.07) is 3.42. The van der Waals surface area contributed by atoms with E-state index in [1.165, 1.54) is 16.8 Å². The van der Waals surface area contributed by atoms with Gasteiger partial charge in [0.2, 0.25) is 5.95 Å². The molecule has 108 valence electrons. The second-order valence-corrected chi connectivity index (χ2v) is 4.68. The fourth-order valence-corrected chi connectivity index (χ4v) is 1.99. The van der Waals surface area contributed by atoms with Gasteiger partial charge in [0, 0.05) is 24.0 Å². The lowest BCUT2D eigenvalue weighted by Gasteiger charge is -2.13. The lowest BCUT2D eigenvalue weighted by molar-refractivity contribution is -0.137. The summed E-state index contributed by atoms with van der Waals surface area (Å²) in [6.07, 6.45) is -0.441. The Morgan fingerprint density at radius 1 is 1.30 bits per heavy atom. The first-order valence-electron chi connectivity index (χ1n) is 6.07. The number of hydrogen-bond acceptors (Lipinski definition) is 2. The fraction of sp³-hybridized carbons (Fsp3) is 0.308. The molecule has 0 atom stereocenters. The average molecular weight is 304 g/mol. The van der Waals surface area contributed by atoms with E-state index >= 15 is 0 Å². The highest BCUT2D eigenvalue weighted by molar-refractivity contribution is 6.30. The molecule has 2 aromatic rings. The quantitative estimate of drug-likeness (QED) is 0.909. The third-order valence-corrected chi connectivity index (χ3v) is 2.88. The Morgan fingerprint density at radius 2 is 2.05 bits per heavy atom. The lowest BCUT2D eigenvalue weighted by atomic mass is 10.2. The van der Waals surface area contributed by atoms with Crippen molar-refractivity contribution < 1.29 is 13.2 Å². The summed E-state index contributed by atoms with van der Waals surface area (Å²) in [5, 5.41) is 3.08. The number of nitrogens with one attached hydrogen (secondary N) is 1. The Bertz CT molecular complexity index is 593. The molecular formula is C13H13ClF3N3. The van der Waals surface area contributed by atoms with Crippen LogP contribution in [0, 0.1) is 0 Å². The van der Waals surface area contributed by atoms with E-state index in [1.807, 2.05) is 6.92 Å². The monoisotopic (exact) mass is 303 g/mol. The molecule has 1 aromatic heterocycles. The number of halogens is 4. The van der Waals surface area contributed by atoms with Gasteiger partial charge in [0.15, 0.2) is 0 Å². The molecule has 0 unspecified atom stereocenters. The van der Waals surface area contributed by atoms with Crippen LogP contribution in [0.3, 0.4) is 0 Å². The predicted molar refractivity (Wildman–Crippen MR) is 72.4 cm³/mol. The number of rotatable bonds is 4. The van der Waals surface area contributed by atoms with Crippen LogP contribution in [0.1, 0.15) is 18.9 Å². The number of aromatic nitrogens is 2. The Labute approximate surface area is 119 Å². The summed E-state index contributed by atoms with van der Waals surface area (Å²) in [4.78, 5) is 4.08. The van der Waals surface area contributed by atoms with E-state index in [4.69, 9.17) is 11.6 Å². The molecule has 3 nitrogen and oxygen atoms in total. The van der Waals surface area contributed by atoms with E-state index in [0.717, 1.165) is 18.6 Å². The van der Waals surface area contributed by atoms with Crippen LogP contribution in [0.2, 0.25) is 5.02 Å². The Kier molecular flexibility index (Phi) is 4.23. The number of alkyl halides is 3. The molecule has 0 bridgehead atoms. The molecule has 0 saturated carbocycles. The molecule has 7 heteroatoms. The third kappa shape index (κ3) is 3.25. The lowest BCUT2D eigenvalue weighted by Crippen LogP contribution is -2.09. The van der Waals surface area contributed by atoms with Gasteiger partial charge in [-0.15, -0.1) is 0 Å². The van der Waals surface area contributed by atoms with Gasteiger partial charge in [0.1, 0.15) is 0 Å². The first-order chi connectivity index (χ1) is 9.41. The minimum absolute atomic E-state index is 0.0324. The van der Waals surface area contributed by atoms with Crippen molar-refractivity contribution in [3.05, 3.63) is 41.2 Å². The normalized spacial score (nSPS) is 11.7. The largest absolute Gasteiger partial charge is 0.416 e. The molecule has 0 aliphatic rings. The molecule has 0 aliphatic heterocycles. The molecule has 2 rings (SSSR count). The second-order valence-electron chi connectivity index (χ2n) is 4.24. The maximum Gasteiger partial charge on any atom is 0.416 e. The summed E-state index contributed by atoms with van der Waals surface area (Å²) in [7, 11) is 0. The molecule has 1 heterocycles. The first kappa shape index (κ1) is 14.7. The Morgan fingerprint density at radius 3 is 2.70 bits per heavy atom. The molecular weight excluding hydrogens is 291 g/mol. The standard InChI is InChI=1S/C13H13ClF3N3/c1-2-3-18-12-19-4-5-20(12)11-7-9(13(15,16)17)6-10(14)8-11/h4-8H,2-3H2,1H3,(H,18,19). The predicted octanol–water partition coefficient (Wildman–Crippen LogP) is 4.37. The zero-order valence-corrected chi connectivity index (χ0v) is 11.5. The van der Waals surface area contributed by atoms with Crippen molar-refractivity contribution in [2.24, 2.45) is 0 Å². The second kappa shape index (κ2) is 5.75. The average Bonchev–Trinajstić information content (AvgIpc) is 2.82. The van der Waals surface area contributed by atoms with Crippen LogP contribution in [-0.4, -0.2) is 16.1 Å². The van der Waals surface area contributed by atoms with Crippen LogP contribution in [0.5, 0.6) is 0 Å². The fourth-order valence-electron chi connectivity index (χ4n) is 1.76. The van der Waals surface area contributed by atoms with Crippen molar-refractivity contribution in [2.75, 3.05) is 11.9 Å². The van der Waals surface area contributed by atoms with Crippen LogP contribution < -0.4 is 5.32 Å². The summed E-state index contributed by atoms with van der Waals surface area (Å²) in [5.74, 6) is 0.488. The van der Waals surface area contributed by atoms with Crippen LogP contribution >= 0.6 is 11.6 Å². The van der Waals surface area contributed by atoms with Crippen LogP contribution in [0.25, 0.3) is 5.69 Å². The highest BCUT2D eigenvalue weighted by atomic mass is 35.5. The summed E-state index contributed by atoms with van der Waals surface area (Å²) in [5.41, 5.74) is -0.462. The Balaban J connectivity index is 2.43. The van der Waals surface area contributed by atoms with E-state index in [2.05, 4.69) is 10.3 Å². The van der Waals surface area contributed by atoms with Crippen molar-refractivity contribution in [3.63, 3.8) is 0 Å². The van der Waals surface area contributed by atoms with Gasteiger partial charge in [-0.2, -0.15) is 13.2 Å². The van der Waals surface area contributed by atoms with Gasteiger partial charge in [0.25, 0.3) is 0 Å². The van der Waals surface area contributed by atoms with Crippen molar-refractivity contribution in [1.82, 2.24) is 9.55 Å². The molecule has 0 saturated heterocycles. The minimum atomic E-state index is -4.43. The first-order valence-corrected chi connectivity index (χ1v) is 6.45. The van der Waals surface area contributed by atoms with Crippen molar-refractivity contribution in [2.45, 2.75) is 19.5 Å². The number of nitrogens with zero attached hydrogens (tertiary/aromatic N) is 2. The van der Waals surface area contributed by atoms with Crippen molar-refractivity contribution >= 4 is 17.5 Å². The maximum absolute atomic E-state index is 12.8. The summed E-state index contributed by atoms with van der Waals surface area (Å²) in [6.45, 7) is 2.67. The number of benzene rings is 1. The SMILES string of the molecule is CCCNc1nccn1-c1cc(Cl)cc(C(F)(F)F)c1. The zero-order valence-electron chi connectivity index (χ0n) is 10.7. The molecule has 0 amide bonds. The van der Waals surface area contributed by atoms with Crippen LogP contribution in [-0.2, 0) is 6.18 Å². The zero-order chi connectivity index (χ0) is 14.8. The third-order valence-electron chi connectivity index (χ3n) is 2.66. The molecule has 0 spiro atoms. The van der Waals surface area contributed by atoms with Crippen molar-refractivity contribution in [3.8, 4) is 5.69 Å². The van der Waals surface area contributed by atoms with Gasteiger partial charge in [0.05, 0.1) is 11.3 Å². The molecule has 1 aromatic carbocycles. The van der Waals surface area contributed by atoms with Gasteiger partial charge >= 0.3 is 6.18 Å². The molecule has 1 N–H and O–H groups in total. The van der Waals surface area contributed by atoms with Gasteiger partial charge in [-0.1, -0.05) is 18.5 Å². The number of imidazole rings is 1. The Hall–Kier alpha value is -1.69. The topological polar surface area (TPSA) is 29.9 Å².